The Morgan fingerprint density at radius 3 is 2.33 bits per heavy atom. The van der Waals surface area contributed by atoms with Crippen LogP contribution in [0.3, 0.4) is 0 Å². The summed E-state index contributed by atoms with van der Waals surface area (Å²) in [5, 5.41) is 10.9. The molecule has 0 aromatic heterocycles. The standard InChI is InChI=1S/C22H24O5/c1-5-14-12(2)22(23)16-10-20-19(26-11-27-20)9-15(16)21(14)13-6-7-17(24-3)18(8-13)25-4/h5-10,12,14,21-23H,1,11H2,2-4H3/t12-,14+,21-,22-/m0/s1. The summed E-state index contributed by atoms with van der Waals surface area (Å²) in [7, 11) is 3.25. The largest absolute Gasteiger partial charge is 0.493 e. The highest BCUT2D eigenvalue weighted by Crippen LogP contribution is 2.52. The van der Waals surface area contributed by atoms with Gasteiger partial charge in [0.05, 0.1) is 20.3 Å². The predicted molar refractivity (Wildman–Crippen MR) is 102 cm³/mol. The number of hydrogen-bond donors (Lipinski definition) is 1. The van der Waals surface area contributed by atoms with Crippen molar-refractivity contribution in [3.63, 3.8) is 0 Å². The van der Waals surface area contributed by atoms with Gasteiger partial charge >= 0.3 is 0 Å². The molecule has 4 rings (SSSR count). The van der Waals surface area contributed by atoms with E-state index in [4.69, 9.17) is 18.9 Å². The topological polar surface area (TPSA) is 57.2 Å². The van der Waals surface area contributed by atoms with Gasteiger partial charge in [-0.25, -0.2) is 0 Å². The Hall–Kier alpha value is -2.66. The van der Waals surface area contributed by atoms with Gasteiger partial charge in [0.2, 0.25) is 6.79 Å². The highest BCUT2D eigenvalue weighted by molar-refractivity contribution is 5.56. The molecule has 0 saturated heterocycles. The van der Waals surface area contributed by atoms with Crippen LogP contribution in [0.1, 0.15) is 35.6 Å². The van der Waals surface area contributed by atoms with Crippen LogP contribution in [-0.2, 0) is 0 Å². The monoisotopic (exact) mass is 368 g/mol. The first kappa shape index (κ1) is 17.7. The number of aliphatic hydroxyl groups excluding tert-OH is 1. The molecule has 1 heterocycles. The predicted octanol–water partition coefficient (Wildman–Crippen LogP) is 4.05. The summed E-state index contributed by atoms with van der Waals surface area (Å²) >= 11 is 0. The number of ether oxygens (including phenoxy) is 4. The van der Waals surface area contributed by atoms with Crippen LogP contribution in [0.15, 0.2) is 43.0 Å². The molecule has 2 aliphatic rings. The fourth-order valence-electron chi connectivity index (χ4n) is 4.30. The van der Waals surface area contributed by atoms with Gasteiger partial charge in [0.25, 0.3) is 0 Å². The molecule has 2 aromatic rings. The molecule has 1 aliphatic heterocycles. The van der Waals surface area contributed by atoms with Crippen LogP contribution in [0.2, 0.25) is 0 Å². The van der Waals surface area contributed by atoms with Gasteiger partial charge in [0.15, 0.2) is 23.0 Å². The van der Waals surface area contributed by atoms with Gasteiger partial charge in [-0.3, -0.25) is 0 Å². The van der Waals surface area contributed by atoms with Crippen molar-refractivity contribution in [3.05, 3.63) is 59.7 Å². The normalized spacial score (nSPS) is 25.6. The molecule has 1 N–H and O–H groups in total. The van der Waals surface area contributed by atoms with E-state index < -0.39 is 6.10 Å². The number of benzene rings is 2. The molecule has 5 heteroatoms. The van der Waals surface area contributed by atoms with Crippen LogP contribution in [0.5, 0.6) is 23.0 Å². The van der Waals surface area contributed by atoms with E-state index in [0.29, 0.717) is 23.0 Å². The number of rotatable bonds is 4. The van der Waals surface area contributed by atoms with Crippen molar-refractivity contribution in [1.29, 1.82) is 0 Å². The van der Waals surface area contributed by atoms with E-state index in [1.807, 2.05) is 36.4 Å². The van der Waals surface area contributed by atoms with E-state index in [9.17, 15) is 5.11 Å². The fourth-order valence-corrected chi connectivity index (χ4v) is 4.30. The summed E-state index contributed by atoms with van der Waals surface area (Å²) in [4.78, 5) is 0. The van der Waals surface area contributed by atoms with Crippen LogP contribution in [0.25, 0.3) is 0 Å². The first-order valence-corrected chi connectivity index (χ1v) is 9.05. The first-order chi connectivity index (χ1) is 13.1. The number of fused-ring (bicyclic) bond motifs is 2. The zero-order valence-electron chi connectivity index (χ0n) is 15.8. The Balaban J connectivity index is 1.90. The van der Waals surface area contributed by atoms with Gasteiger partial charge in [0.1, 0.15) is 0 Å². The molecule has 27 heavy (non-hydrogen) atoms. The average Bonchev–Trinajstić information content (AvgIpc) is 3.16. The molecule has 0 bridgehead atoms. The van der Waals surface area contributed by atoms with Crippen LogP contribution in [0, 0.1) is 11.8 Å². The molecule has 0 radical (unpaired) electrons. The Labute approximate surface area is 159 Å². The zero-order valence-corrected chi connectivity index (χ0v) is 15.8. The SMILES string of the molecule is C=C[C@H]1[C@H](c2ccc(OC)c(OC)c2)c2cc3c(cc2[C@@H](O)[C@H]1C)OCO3. The first-order valence-electron chi connectivity index (χ1n) is 9.05. The van der Waals surface area contributed by atoms with E-state index in [0.717, 1.165) is 16.7 Å². The molecule has 4 atom stereocenters. The van der Waals surface area contributed by atoms with Crippen molar-refractivity contribution < 1.29 is 24.1 Å². The average molecular weight is 368 g/mol. The molecule has 0 unspecified atom stereocenters. The van der Waals surface area contributed by atoms with Gasteiger partial charge in [-0.05, 0) is 52.8 Å². The summed E-state index contributed by atoms with van der Waals surface area (Å²) < 4.78 is 22.0. The number of allylic oxidation sites excluding steroid dienone is 1. The second kappa shape index (κ2) is 6.82. The Morgan fingerprint density at radius 1 is 1.04 bits per heavy atom. The molecule has 142 valence electrons. The van der Waals surface area contributed by atoms with E-state index in [-0.39, 0.29) is 24.5 Å². The van der Waals surface area contributed by atoms with Crippen LogP contribution >= 0.6 is 0 Å². The minimum atomic E-state index is -0.589. The molecule has 0 amide bonds. The minimum absolute atomic E-state index is 0.00784. The summed E-state index contributed by atoms with van der Waals surface area (Å²) in [6, 6.07) is 9.85. The fraction of sp³-hybridized carbons (Fsp3) is 0.364. The van der Waals surface area contributed by atoms with Crippen LogP contribution in [0.4, 0.5) is 0 Å². The van der Waals surface area contributed by atoms with Crippen molar-refractivity contribution >= 4 is 0 Å². The zero-order chi connectivity index (χ0) is 19.1. The molecule has 1 aliphatic carbocycles. The highest BCUT2D eigenvalue weighted by Gasteiger charge is 2.40. The summed E-state index contributed by atoms with van der Waals surface area (Å²) in [6.45, 7) is 6.30. The van der Waals surface area contributed by atoms with Gasteiger partial charge < -0.3 is 24.1 Å². The lowest BCUT2D eigenvalue weighted by Crippen LogP contribution is -2.31. The van der Waals surface area contributed by atoms with Crippen molar-refractivity contribution in [2.45, 2.75) is 18.9 Å². The molecule has 5 nitrogen and oxygen atoms in total. The highest BCUT2D eigenvalue weighted by atomic mass is 16.7. The lowest BCUT2D eigenvalue weighted by molar-refractivity contribution is 0.0773. The molecule has 0 saturated carbocycles. The van der Waals surface area contributed by atoms with E-state index in [1.54, 1.807) is 14.2 Å². The van der Waals surface area contributed by atoms with Crippen molar-refractivity contribution in [2.75, 3.05) is 21.0 Å². The lowest BCUT2D eigenvalue weighted by Gasteiger charge is -2.40. The molecular formula is C22H24O5. The smallest absolute Gasteiger partial charge is 0.231 e. The number of methoxy groups -OCH3 is 2. The van der Waals surface area contributed by atoms with E-state index in [2.05, 4.69) is 13.5 Å². The molecule has 0 spiro atoms. The maximum absolute atomic E-state index is 10.9. The van der Waals surface area contributed by atoms with Crippen molar-refractivity contribution in [2.24, 2.45) is 11.8 Å². The quantitative estimate of drug-likeness (QED) is 0.825. The second-order valence-electron chi connectivity index (χ2n) is 7.04. The van der Waals surface area contributed by atoms with Crippen LogP contribution < -0.4 is 18.9 Å². The number of aliphatic hydroxyl groups is 1. The van der Waals surface area contributed by atoms with Crippen molar-refractivity contribution in [3.8, 4) is 23.0 Å². The van der Waals surface area contributed by atoms with Crippen molar-refractivity contribution in [1.82, 2.24) is 0 Å². The lowest BCUT2D eigenvalue weighted by atomic mass is 9.66. The summed E-state index contributed by atoms with van der Waals surface area (Å²) in [5.74, 6) is 2.85. The van der Waals surface area contributed by atoms with E-state index in [1.165, 1.54) is 0 Å². The van der Waals surface area contributed by atoms with Crippen LogP contribution in [-0.4, -0.2) is 26.1 Å². The number of hydrogen-bond acceptors (Lipinski definition) is 5. The molecular weight excluding hydrogens is 344 g/mol. The van der Waals surface area contributed by atoms with Gasteiger partial charge in [-0.2, -0.15) is 0 Å². The summed E-state index contributed by atoms with van der Waals surface area (Å²) in [5.41, 5.74) is 2.99. The maximum atomic E-state index is 10.9. The minimum Gasteiger partial charge on any atom is -0.493 e. The van der Waals surface area contributed by atoms with Gasteiger partial charge in [-0.15, -0.1) is 6.58 Å². The summed E-state index contributed by atoms with van der Waals surface area (Å²) in [6.07, 6.45) is 1.34. The molecule has 0 fully saturated rings. The van der Waals surface area contributed by atoms with E-state index >= 15 is 0 Å². The third-order valence-electron chi connectivity index (χ3n) is 5.76. The third kappa shape index (κ3) is 2.73. The Morgan fingerprint density at radius 2 is 1.70 bits per heavy atom. The Bertz CT molecular complexity index is 875. The van der Waals surface area contributed by atoms with Gasteiger partial charge in [0, 0.05) is 5.92 Å². The second-order valence-corrected chi connectivity index (χ2v) is 7.04. The van der Waals surface area contributed by atoms with Gasteiger partial charge in [-0.1, -0.05) is 19.1 Å². The third-order valence-corrected chi connectivity index (χ3v) is 5.76. The maximum Gasteiger partial charge on any atom is 0.231 e. The Kier molecular flexibility index (Phi) is 4.48. The molecule has 2 aromatic carbocycles.